The van der Waals surface area contributed by atoms with Gasteiger partial charge in [-0.05, 0) is 35.2 Å². The highest BCUT2D eigenvalue weighted by molar-refractivity contribution is 14.1. The van der Waals surface area contributed by atoms with E-state index in [1.807, 2.05) is 4.08 Å². The molecule has 0 saturated carbocycles. The zero-order valence-electron chi connectivity index (χ0n) is 12.1. The number of unbranched alkanes of at least 4 members (excludes halogenated alkanes) is 5. The second kappa shape index (κ2) is 14.6. The van der Waals surface area contributed by atoms with Crippen LogP contribution in [0.4, 0.5) is 0 Å². The molecule has 0 aliphatic rings. The Labute approximate surface area is 141 Å². The molecule has 0 aromatic rings. The second-order valence-corrected chi connectivity index (χ2v) is 6.98. The van der Waals surface area contributed by atoms with Gasteiger partial charge in [0.1, 0.15) is 6.61 Å². The van der Waals surface area contributed by atoms with Gasteiger partial charge in [-0.2, -0.15) is 0 Å². The van der Waals surface area contributed by atoms with Crippen molar-refractivity contribution in [1.82, 2.24) is 0 Å². The highest BCUT2D eigenvalue weighted by Gasteiger charge is 2.16. The molecule has 0 bridgehead atoms. The van der Waals surface area contributed by atoms with Crippen LogP contribution >= 0.6 is 30.2 Å². The van der Waals surface area contributed by atoms with Crippen molar-refractivity contribution in [3.05, 3.63) is 10.2 Å². The van der Waals surface area contributed by atoms with Crippen molar-refractivity contribution in [3.8, 4) is 23.7 Å². The van der Waals surface area contributed by atoms with Crippen molar-refractivity contribution in [1.29, 1.82) is 0 Å². The maximum atomic E-state index is 11.2. The summed E-state index contributed by atoms with van der Waals surface area (Å²) in [6, 6.07) is 0. The molecule has 0 fully saturated rings. The number of rotatable bonds is 10. The van der Waals surface area contributed by atoms with Crippen LogP contribution in [0.2, 0.25) is 0 Å². The van der Waals surface area contributed by atoms with Crippen molar-refractivity contribution in [2.75, 3.05) is 19.4 Å². The summed E-state index contributed by atoms with van der Waals surface area (Å²) in [6.45, 7) is -0.526. The lowest BCUT2D eigenvalue weighted by molar-refractivity contribution is 0.267. The molecule has 0 aromatic carbocycles. The average molecular weight is 424 g/mol. The first-order valence-corrected chi connectivity index (χ1v) is 9.91. The van der Waals surface area contributed by atoms with E-state index in [1.165, 1.54) is 19.3 Å². The molecule has 0 radical (unpaired) electrons. The fraction of sp³-hybridized carbons (Fsp3) is 0.600. The van der Waals surface area contributed by atoms with Gasteiger partial charge in [-0.15, -0.1) is 0 Å². The first kappa shape index (κ1) is 20.7. The molecule has 2 N–H and O–H groups in total. The molecule has 0 aliphatic carbocycles. The third kappa shape index (κ3) is 15.9. The van der Waals surface area contributed by atoms with Crippen LogP contribution in [0.3, 0.4) is 0 Å². The van der Waals surface area contributed by atoms with Gasteiger partial charge in [0.15, 0.2) is 0 Å². The highest BCUT2D eigenvalue weighted by atomic mass is 127. The van der Waals surface area contributed by atoms with E-state index in [9.17, 15) is 4.57 Å². The maximum Gasteiger partial charge on any atom is 0.331 e. The van der Waals surface area contributed by atoms with Crippen molar-refractivity contribution < 1.29 is 19.1 Å². The van der Waals surface area contributed by atoms with Crippen LogP contribution in [-0.4, -0.2) is 29.4 Å². The molecule has 0 aliphatic heterocycles. The molecule has 0 aromatic heterocycles. The summed E-state index contributed by atoms with van der Waals surface area (Å²) in [5.41, 5.74) is 0. The minimum atomic E-state index is -3.68. The summed E-state index contributed by atoms with van der Waals surface area (Å²) in [5.74, 6) is 10.8. The van der Waals surface area contributed by atoms with E-state index in [2.05, 4.69) is 56.9 Å². The Balaban J connectivity index is 3.58. The normalized spacial score (nSPS) is 13.1. The van der Waals surface area contributed by atoms with Gasteiger partial charge in [0.2, 0.25) is 0 Å². The molecular formula is C15H22IO4P. The van der Waals surface area contributed by atoms with E-state index in [0.717, 1.165) is 19.3 Å². The van der Waals surface area contributed by atoms with Crippen LogP contribution < -0.4 is 0 Å². The van der Waals surface area contributed by atoms with Crippen LogP contribution in [0.25, 0.3) is 0 Å². The molecule has 21 heavy (non-hydrogen) atoms. The summed E-state index contributed by atoms with van der Waals surface area (Å²) in [5, 5.41) is 8.53. The third-order valence-corrected chi connectivity index (χ3v) is 4.28. The SMILES string of the molecule is O=P(O)(CCO)OCC#CC#CCCCCCC/C=C/I. The van der Waals surface area contributed by atoms with Gasteiger partial charge >= 0.3 is 7.60 Å². The van der Waals surface area contributed by atoms with E-state index < -0.39 is 7.60 Å². The maximum absolute atomic E-state index is 11.2. The summed E-state index contributed by atoms with van der Waals surface area (Å²) in [6.07, 6.45) is 8.55. The Morgan fingerprint density at radius 3 is 2.57 bits per heavy atom. The van der Waals surface area contributed by atoms with Gasteiger partial charge in [0.25, 0.3) is 0 Å². The predicted octanol–water partition coefficient (Wildman–Crippen LogP) is 3.48. The van der Waals surface area contributed by atoms with E-state index in [1.54, 1.807) is 0 Å². The standard InChI is InChI=1S/C15H22IO4P/c16-12-10-8-6-4-2-1-3-5-7-9-11-14-20-21(18,19)15-13-17/h10,12,17H,1-4,6,8,13-15H2,(H,18,19)/b12-10+. The van der Waals surface area contributed by atoms with E-state index in [4.69, 9.17) is 10.00 Å². The Hall–Kier alpha value is -0.300. The van der Waals surface area contributed by atoms with Gasteiger partial charge in [-0.1, -0.05) is 53.3 Å². The monoisotopic (exact) mass is 424 g/mol. The third-order valence-electron chi connectivity index (χ3n) is 2.47. The molecule has 118 valence electrons. The van der Waals surface area contributed by atoms with Crippen LogP contribution in [-0.2, 0) is 9.09 Å². The van der Waals surface area contributed by atoms with Crippen molar-refractivity contribution in [2.24, 2.45) is 0 Å². The Morgan fingerprint density at radius 2 is 1.86 bits per heavy atom. The van der Waals surface area contributed by atoms with Gasteiger partial charge in [0.05, 0.1) is 12.8 Å². The fourth-order valence-electron chi connectivity index (χ4n) is 1.40. The quantitative estimate of drug-likeness (QED) is 0.244. The summed E-state index contributed by atoms with van der Waals surface area (Å²) in [7, 11) is -3.68. The number of aliphatic hydroxyl groups excluding tert-OH is 1. The molecule has 1 atom stereocenters. The Bertz CT molecular complexity index is 454. The number of halogens is 1. The van der Waals surface area contributed by atoms with Gasteiger partial charge in [-0.25, -0.2) is 0 Å². The minimum Gasteiger partial charge on any atom is -0.396 e. The van der Waals surface area contributed by atoms with Crippen LogP contribution in [0.15, 0.2) is 10.2 Å². The smallest absolute Gasteiger partial charge is 0.331 e. The number of aliphatic hydroxyl groups is 1. The number of hydrogen-bond acceptors (Lipinski definition) is 3. The lowest BCUT2D eigenvalue weighted by Gasteiger charge is -2.06. The van der Waals surface area contributed by atoms with Crippen LogP contribution in [0.1, 0.15) is 38.5 Å². The zero-order chi connectivity index (χ0) is 15.8. The zero-order valence-corrected chi connectivity index (χ0v) is 15.1. The van der Waals surface area contributed by atoms with Crippen molar-refractivity contribution >= 4 is 30.2 Å². The molecule has 0 saturated heterocycles. The van der Waals surface area contributed by atoms with Crippen molar-refractivity contribution in [3.63, 3.8) is 0 Å². The lowest BCUT2D eigenvalue weighted by atomic mass is 10.1. The number of hydrogen-bond donors (Lipinski definition) is 2. The molecule has 4 nitrogen and oxygen atoms in total. The number of allylic oxidation sites excluding steroid dienone is 1. The van der Waals surface area contributed by atoms with Crippen LogP contribution in [0, 0.1) is 23.7 Å². The lowest BCUT2D eigenvalue weighted by Crippen LogP contribution is -1.98. The fourth-order valence-corrected chi connectivity index (χ4v) is 2.41. The van der Waals surface area contributed by atoms with E-state index >= 15 is 0 Å². The molecule has 0 rings (SSSR count). The molecular weight excluding hydrogens is 402 g/mol. The Kier molecular flexibility index (Phi) is 14.4. The molecule has 6 heteroatoms. The second-order valence-electron chi connectivity index (χ2n) is 4.28. The molecule has 1 unspecified atom stereocenters. The molecule has 0 heterocycles. The Morgan fingerprint density at radius 1 is 1.14 bits per heavy atom. The van der Waals surface area contributed by atoms with Crippen molar-refractivity contribution in [2.45, 2.75) is 38.5 Å². The van der Waals surface area contributed by atoms with E-state index in [-0.39, 0.29) is 19.4 Å². The first-order chi connectivity index (χ1) is 10.1. The minimum absolute atomic E-state index is 0.146. The van der Waals surface area contributed by atoms with Crippen LogP contribution in [0.5, 0.6) is 0 Å². The van der Waals surface area contributed by atoms with E-state index in [0.29, 0.717) is 0 Å². The topological polar surface area (TPSA) is 66.8 Å². The molecule has 0 amide bonds. The average Bonchev–Trinajstić information content (AvgIpc) is 2.44. The molecule has 0 spiro atoms. The van der Waals surface area contributed by atoms with Gasteiger partial charge in [0, 0.05) is 6.42 Å². The summed E-state index contributed by atoms with van der Waals surface area (Å²) < 4.78 is 17.9. The van der Waals surface area contributed by atoms with Gasteiger partial charge < -0.3 is 10.00 Å². The van der Waals surface area contributed by atoms with Gasteiger partial charge in [-0.3, -0.25) is 9.09 Å². The largest absolute Gasteiger partial charge is 0.396 e. The first-order valence-electron chi connectivity index (χ1n) is 6.90. The predicted molar refractivity (Wildman–Crippen MR) is 94.1 cm³/mol. The highest BCUT2D eigenvalue weighted by Crippen LogP contribution is 2.40. The summed E-state index contributed by atoms with van der Waals surface area (Å²) in [4.78, 5) is 9.16. The summed E-state index contributed by atoms with van der Waals surface area (Å²) >= 11 is 2.23.